The molecule has 21 heavy (non-hydrogen) atoms. The lowest BCUT2D eigenvalue weighted by molar-refractivity contribution is -0.134. The Hall–Kier alpha value is -1.07. The van der Waals surface area contributed by atoms with Crippen molar-refractivity contribution >= 4 is 17.7 Å². The molecule has 3 nitrogen and oxygen atoms in total. The summed E-state index contributed by atoms with van der Waals surface area (Å²) in [6, 6.07) is 6.52. The number of halogens is 1. The van der Waals surface area contributed by atoms with Gasteiger partial charge in [-0.25, -0.2) is 4.39 Å². The Bertz CT molecular complexity index is 508. The van der Waals surface area contributed by atoms with E-state index in [1.54, 1.807) is 23.9 Å². The minimum Gasteiger partial charge on any atom is -0.318 e. The van der Waals surface area contributed by atoms with Crippen molar-refractivity contribution in [1.82, 2.24) is 10.2 Å². The summed E-state index contributed by atoms with van der Waals surface area (Å²) < 4.78 is 13.1. The van der Waals surface area contributed by atoms with Crippen LogP contribution in [0.3, 0.4) is 0 Å². The van der Waals surface area contributed by atoms with Crippen LogP contribution in [0.15, 0.2) is 24.3 Å². The van der Waals surface area contributed by atoms with Gasteiger partial charge in [0.2, 0.25) is 5.91 Å². The number of carbonyl (C=O) groups is 1. The molecule has 3 unspecified atom stereocenters. The number of hydrogen-bond donors (Lipinski definition) is 1. The Kier molecular flexibility index (Phi) is 4.94. The van der Waals surface area contributed by atoms with Crippen LogP contribution in [0.4, 0.5) is 4.39 Å². The summed E-state index contributed by atoms with van der Waals surface area (Å²) in [5.41, 5.74) is 0.376. The molecule has 5 heteroatoms. The summed E-state index contributed by atoms with van der Waals surface area (Å²) >= 11 is 1.72. The Labute approximate surface area is 130 Å². The van der Waals surface area contributed by atoms with Crippen molar-refractivity contribution in [1.29, 1.82) is 0 Å². The van der Waals surface area contributed by atoms with Crippen molar-refractivity contribution in [3.8, 4) is 0 Å². The molecule has 2 rings (SSSR count). The van der Waals surface area contributed by atoms with Crippen LogP contribution >= 0.6 is 11.8 Å². The molecular weight excluding hydrogens is 287 g/mol. The first-order chi connectivity index (χ1) is 9.92. The molecule has 1 amide bonds. The average molecular weight is 310 g/mol. The third kappa shape index (κ3) is 3.09. The van der Waals surface area contributed by atoms with Gasteiger partial charge in [-0.3, -0.25) is 10.1 Å². The van der Waals surface area contributed by atoms with Crippen LogP contribution < -0.4 is 5.32 Å². The maximum atomic E-state index is 13.1. The van der Waals surface area contributed by atoms with Crippen molar-refractivity contribution in [2.45, 2.75) is 44.9 Å². The number of nitrogens with one attached hydrogen (secondary N) is 1. The zero-order valence-corrected chi connectivity index (χ0v) is 13.8. The SMILES string of the molecule is CCC1(C)NC(c2ccc(F)cc2)N(C(C)CSC)C1=O. The molecule has 0 bridgehead atoms. The molecule has 0 radical (unpaired) electrons. The van der Waals surface area contributed by atoms with E-state index in [9.17, 15) is 9.18 Å². The van der Waals surface area contributed by atoms with Crippen LogP contribution in [0.1, 0.15) is 38.9 Å². The molecule has 1 heterocycles. The molecule has 0 saturated carbocycles. The van der Waals surface area contributed by atoms with E-state index in [0.29, 0.717) is 0 Å². The Balaban J connectivity index is 2.36. The third-order valence-corrected chi connectivity index (χ3v) is 5.03. The highest BCUT2D eigenvalue weighted by Crippen LogP contribution is 2.34. The fourth-order valence-corrected chi connectivity index (χ4v) is 3.40. The Morgan fingerprint density at radius 2 is 2.05 bits per heavy atom. The molecule has 0 aliphatic carbocycles. The molecule has 0 spiro atoms. The van der Waals surface area contributed by atoms with E-state index < -0.39 is 5.54 Å². The van der Waals surface area contributed by atoms with Gasteiger partial charge < -0.3 is 4.90 Å². The van der Waals surface area contributed by atoms with Crippen LogP contribution in [0.5, 0.6) is 0 Å². The molecule has 3 atom stereocenters. The van der Waals surface area contributed by atoms with E-state index in [-0.39, 0.29) is 23.9 Å². The number of amides is 1. The van der Waals surface area contributed by atoms with E-state index in [2.05, 4.69) is 12.2 Å². The Morgan fingerprint density at radius 3 is 2.57 bits per heavy atom. The fraction of sp³-hybridized carbons (Fsp3) is 0.562. The van der Waals surface area contributed by atoms with E-state index in [4.69, 9.17) is 0 Å². The minimum atomic E-state index is -0.550. The zero-order chi connectivity index (χ0) is 15.6. The highest BCUT2D eigenvalue weighted by atomic mass is 32.2. The number of rotatable bonds is 5. The van der Waals surface area contributed by atoms with Gasteiger partial charge in [0.05, 0.1) is 5.54 Å². The van der Waals surface area contributed by atoms with E-state index >= 15 is 0 Å². The molecule has 1 aliphatic rings. The second-order valence-corrected chi connectivity index (χ2v) is 6.71. The monoisotopic (exact) mass is 310 g/mol. The van der Waals surface area contributed by atoms with Crippen LogP contribution in [-0.4, -0.2) is 34.4 Å². The van der Waals surface area contributed by atoms with Crippen molar-refractivity contribution in [2.24, 2.45) is 0 Å². The average Bonchev–Trinajstić information content (AvgIpc) is 2.73. The lowest BCUT2D eigenvalue weighted by atomic mass is 9.99. The van der Waals surface area contributed by atoms with Crippen molar-refractivity contribution in [2.75, 3.05) is 12.0 Å². The summed E-state index contributed by atoms with van der Waals surface area (Å²) in [6.45, 7) is 6.01. The van der Waals surface area contributed by atoms with Gasteiger partial charge in [0.1, 0.15) is 12.0 Å². The second-order valence-electron chi connectivity index (χ2n) is 5.80. The van der Waals surface area contributed by atoms with Crippen LogP contribution in [0, 0.1) is 5.82 Å². The summed E-state index contributed by atoms with van der Waals surface area (Å²) in [6.07, 6.45) is 2.58. The first kappa shape index (κ1) is 16.3. The molecule has 0 aromatic heterocycles. The van der Waals surface area contributed by atoms with Crippen molar-refractivity contribution < 1.29 is 9.18 Å². The largest absolute Gasteiger partial charge is 0.318 e. The van der Waals surface area contributed by atoms with E-state index in [1.165, 1.54) is 12.1 Å². The van der Waals surface area contributed by atoms with Gasteiger partial charge in [-0.2, -0.15) is 11.8 Å². The molecule has 1 N–H and O–H groups in total. The number of nitrogens with zero attached hydrogens (tertiary/aromatic N) is 1. The summed E-state index contributed by atoms with van der Waals surface area (Å²) in [5.74, 6) is 0.746. The number of carbonyl (C=O) groups excluding carboxylic acids is 1. The first-order valence-corrected chi connectivity index (χ1v) is 8.67. The van der Waals surface area contributed by atoms with Crippen LogP contribution in [-0.2, 0) is 4.79 Å². The predicted octanol–water partition coefficient (Wildman–Crippen LogP) is 3.18. The second kappa shape index (κ2) is 6.36. The van der Waals surface area contributed by atoms with Gasteiger partial charge >= 0.3 is 0 Å². The highest BCUT2D eigenvalue weighted by molar-refractivity contribution is 7.98. The lowest BCUT2D eigenvalue weighted by Crippen LogP contribution is -2.44. The van der Waals surface area contributed by atoms with Crippen LogP contribution in [0.25, 0.3) is 0 Å². The standard InChI is InChI=1S/C16H23FN2OS/c1-5-16(3)15(20)19(11(2)10-21-4)14(18-16)12-6-8-13(17)9-7-12/h6-9,11,14,18H,5,10H2,1-4H3. The van der Waals surface area contributed by atoms with E-state index in [1.807, 2.05) is 25.0 Å². The molecular formula is C16H23FN2OS. The zero-order valence-electron chi connectivity index (χ0n) is 13.0. The summed E-state index contributed by atoms with van der Waals surface area (Å²) in [5, 5.41) is 3.44. The third-order valence-electron chi connectivity index (χ3n) is 4.22. The van der Waals surface area contributed by atoms with Crippen molar-refractivity contribution in [3.63, 3.8) is 0 Å². The van der Waals surface area contributed by atoms with Gasteiger partial charge in [-0.05, 0) is 44.2 Å². The van der Waals surface area contributed by atoms with Gasteiger partial charge in [-0.15, -0.1) is 0 Å². The van der Waals surface area contributed by atoms with Gasteiger partial charge in [-0.1, -0.05) is 19.1 Å². The molecule has 1 aromatic carbocycles. The van der Waals surface area contributed by atoms with Gasteiger partial charge in [0.25, 0.3) is 0 Å². The van der Waals surface area contributed by atoms with E-state index in [0.717, 1.165) is 17.7 Å². The number of benzene rings is 1. The molecule has 116 valence electrons. The first-order valence-electron chi connectivity index (χ1n) is 7.28. The predicted molar refractivity (Wildman–Crippen MR) is 85.7 cm³/mol. The number of hydrogen-bond acceptors (Lipinski definition) is 3. The fourth-order valence-electron chi connectivity index (χ4n) is 2.75. The normalized spacial score (nSPS) is 27.2. The topological polar surface area (TPSA) is 32.3 Å². The maximum Gasteiger partial charge on any atom is 0.244 e. The minimum absolute atomic E-state index is 0.126. The van der Waals surface area contributed by atoms with Gasteiger partial charge in [0, 0.05) is 11.8 Å². The quantitative estimate of drug-likeness (QED) is 0.906. The van der Waals surface area contributed by atoms with Gasteiger partial charge in [0.15, 0.2) is 0 Å². The molecule has 1 saturated heterocycles. The molecule has 1 fully saturated rings. The Morgan fingerprint density at radius 1 is 1.43 bits per heavy atom. The maximum absolute atomic E-state index is 13.1. The summed E-state index contributed by atoms with van der Waals surface area (Å²) in [4.78, 5) is 14.7. The van der Waals surface area contributed by atoms with Crippen LogP contribution in [0.2, 0.25) is 0 Å². The summed E-state index contributed by atoms with van der Waals surface area (Å²) in [7, 11) is 0. The smallest absolute Gasteiger partial charge is 0.244 e. The molecule has 1 aromatic rings. The van der Waals surface area contributed by atoms with Crippen molar-refractivity contribution in [3.05, 3.63) is 35.6 Å². The molecule has 1 aliphatic heterocycles. The highest BCUT2D eigenvalue weighted by Gasteiger charge is 2.48. The lowest BCUT2D eigenvalue weighted by Gasteiger charge is -2.30. The number of thioether (sulfide) groups is 1.